The van der Waals surface area contributed by atoms with Crippen molar-refractivity contribution in [1.82, 2.24) is 5.32 Å². The van der Waals surface area contributed by atoms with Gasteiger partial charge in [0.25, 0.3) is 0 Å². The van der Waals surface area contributed by atoms with Gasteiger partial charge in [-0.15, -0.1) is 0 Å². The summed E-state index contributed by atoms with van der Waals surface area (Å²) in [4.78, 5) is 0. The number of ether oxygens (including phenoxy) is 1. The summed E-state index contributed by atoms with van der Waals surface area (Å²) in [6, 6.07) is 4.17. The minimum atomic E-state index is -1.36. The van der Waals surface area contributed by atoms with Crippen LogP contribution in [0.1, 0.15) is 32.6 Å². The van der Waals surface area contributed by atoms with Crippen molar-refractivity contribution in [3.63, 3.8) is 0 Å². The van der Waals surface area contributed by atoms with Gasteiger partial charge in [-0.2, -0.15) is 10.5 Å². The average Bonchev–Trinajstić information content (AvgIpc) is 2.50. The summed E-state index contributed by atoms with van der Waals surface area (Å²) in [6.07, 6.45) is 3.31. The standard InChI is InChI=1S/C13H13ClN4O/c1-11-4-2-3-5-13(11)18-9(14)8(6-15)12(11,7-16)10(17)19-13/h17-18H,2-5H2,1H3/t11-,12-,13-/m0/s1. The third-order valence-corrected chi connectivity index (χ3v) is 5.26. The summed E-state index contributed by atoms with van der Waals surface area (Å²) in [7, 11) is 0. The van der Waals surface area contributed by atoms with Gasteiger partial charge in [0.05, 0.1) is 17.1 Å². The first-order valence-corrected chi connectivity index (χ1v) is 6.63. The Hall–Kier alpha value is -1.72. The molecule has 0 unspecified atom stereocenters. The highest BCUT2D eigenvalue weighted by atomic mass is 35.5. The van der Waals surface area contributed by atoms with E-state index >= 15 is 0 Å². The molecule has 1 aliphatic carbocycles. The van der Waals surface area contributed by atoms with E-state index in [-0.39, 0.29) is 16.6 Å². The molecule has 0 radical (unpaired) electrons. The van der Waals surface area contributed by atoms with Gasteiger partial charge in [0, 0.05) is 6.42 Å². The van der Waals surface area contributed by atoms with E-state index in [1.54, 1.807) is 0 Å². The first-order chi connectivity index (χ1) is 8.97. The van der Waals surface area contributed by atoms with Crippen LogP contribution in [0.15, 0.2) is 10.7 Å². The molecule has 0 aromatic rings. The maximum atomic E-state index is 9.72. The van der Waals surface area contributed by atoms with E-state index in [4.69, 9.17) is 21.7 Å². The Morgan fingerprint density at radius 3 is 2.68 bits per heavy atom. The number of rotatable bonds is 0. The number of hydrogen-bond donors (Lipinski definition) is 2. The molecule has 6 heteroatoms. The predicted octanol–water partition coefficient (Wildman–Crippen LogP) is 2.36. The van der Waals surface area contributed by atoms with Gasteiger partial charge in [0.15, 0.2) is 11.1 Å². The Labute approximate surface area is 116 Å². The zero-order valence-electron chi connectivity index (χ0n) is 10.5. The minimum Gasteiger partial charge on any atom is -0.453 e. The van der Waals surface area contributed by atoms with Gasteiger partial charge in [0.2, 0.25) is 5.90 Å². The van der Waals surface area contributed by atoms with E-state index in [1.165, 1.54) is 0 Å². The van der Waals surface area contributed by atoms with E-state index in [0.29, 0.717) is 6.42 Å². The van der Waals surface area contributed by atoms with Crippen molar-refractivity contribution in [2.75, 3.05) is 0 Å². The van der Waals surface area contributed by atoms with E-state index in [2.05, 4.69) is 11.4 Å². The predicted molar refractivity (Wildman–Crippen MR) is 67.8 cm³/mol. The molecule has 1 saturated carbocycles. The van der Waals surface area contributed by atoms with Gasteiger partial charge in [-0.3, -0.25) is 5.41 Å². The summed E-state index contributed by atoms with van der Waals surface area (Å²) in [6.45, 7) is 1.92. The quantitative estimate of drug-likeness (QED) is 0.664. The van der Waals surface area contributed by atoms with Crippen LogP contribution in [0.3, 0.4) is 0 Å². The molecule has 2 fully saturated rings. The van der Waals surface area contributed by atoms with E-state index in [9.17, 15) is 10.5 Å². The zero-order chi connectivity index (χ0) is 13.9. The van der Waals surface area contributed by atoms with Crippen LogP contribution in [0.25, 0.3) is 0 Å². The topological polar surface area (TPSA) is 92.7 Å². The van der Waals surface area contributed by atoms with Crippen LogP contribution in [-0.2, 0) is 4.74 Å². The smallest absolute Gasteiger partial charge is 0.210 e. The summed E-state index contributed by atoms with van der Waals surface area (Å²) in [5.41, 5.74) is -2.70. The van der Waals surface area contributed by atoms with E-state index < -0.39 is 16.6 Å². The highest BCUT2D eigenvalue weighted by Gasteiger charge is 2.76. The van der Waals surface area contributed by atoms with Gasteiger partial charge >= 0.3 is 0 Å². The van der Waals surface area contributed by atoms with Crippen molar-refractivity contribution in [2.24, 2.45) is 10.8 Å². The Balaban J connectivity index is 2.37. The molecular formula is C13H13ClN4O. The van der Waals surface area contributed by atoms with Crippen molar-refractivity contribution in [1.29, 1.82) is 15.9 Å². The molecule has 2 aliphatic heterocycles. The molecule has 5 nitrogen and oxygen atoms in total. The number of nitrogens with zero attached hydrogens (tertiary/aromatic N) is 2. The number of nitrogens with one attached hydrogen (secondary N) is 2. The van der Waals surface area contributed by atoms with Crippen LogP contribution in [0.4, 0.5) is 0 Å². The summed E-state index contributed by atoms with van der Waals surface area (Å²) in [5, 5.41) is 30.4. The van der Waals surface area contributed by atoms with Crippen LogP contribution >= 0.6 is 11.6 Å². The Morgan fingerprint density at radius 1 is 1.37 bits per heavy atom. The first kappa shape index (κ1) is 12.3. The molecule has 0 aromatic carbocycles. The minimum absolute atomic E-state index is 0.110. The maximum absolute atomic E-state index is 9.72. The largest absolute Gasteiger partial charge is 0.453 e. The molecule has 3 aliphatic rings. The lowest BCUT2D eigenvalue weighted by molar-refractivity contribution is -0.0934. The summed E-state index contributed by atoms with van der Waals surface area (Å²) >= 11 is 6.14. The molecule has 19 heavy (non-hydrogen) atoms. The Morgan fingerprint density at radius 2 is 2.05 bits per heavy atom. The lowest BCUT2D eigenvalue weighted by atomic mass is 9.52. The molecule has 98 valence electrons. The van der Waals surface area contributed by atoms with Gasteiger partial charge in [0.1, 0.15) is 11.2 Å². The van der Waals surface area contributed by atoms with Crippen LogP contribution in [-0.4, -0.2) is 11.6 Å². The molecule has 2 heterocycles. The van der Waals surface area contributed by atoms with Crippen LogP contribution in [0, 0.1) is 38.9 Å². The molecule has 2 bridgehead atoms. The van der Waals surface area contributed by atoms with Gasteiger partial charge in [-0.1, -0.05) is 24.9 Å². The molecule has 1 saturated heterocycles. The summed E-state index contributed by atoms with van der Waals surface area (Å²) < 4.78 is 5.75. The zero-order valence-corrected chi connectivity index (χ0v) is 11.3. The van der Waals surface area contributed by atoms with Crippen molar-refractivity contribution in [3.8, 4) is 12.1 Å². The van der Waals surface area contributed by atoms with Crippen molar-refractivity contribution >= 4 is 17.5 Å². The SMILES string of the molecule is C[C@@]12CCCC[C@@]13NC(Cl)=C(C#N)[C@@]2(C#N)C(=N)O3. The lowest BCUT2D eigenvalue weighted by Crippen LogP contribution is -2.63. The van der Waals surface area contributed by atoms with E-state index in [1.807, 2.05) is 13.0 Å². The van der Waals surface area contributed by atoms with Gasteiger partial charge < -0.3 is 10.1 Å². The Bertz CT molecular complexity index is 601. The van der Waals surface area contributed by atoms with Crippen LogP contribution < -0.4 is 5.32 Å². The fraction of sp³-hybridized carbons (Fsp3) is 0.615. The fourth-order valence-electron chi connectivity index (χ4n) is 3.87. The average molecular weight is 277 g/mol. The molecule has 0 aromatic heterocycles. The Kier molecular flexibility index (Phi) is 2.23. The number of hydrogen-bond acceptors (Lipinski definition) is 5. The third-order valence-electron chi connectivity index (χ3n) is 4.98. The van der Waals surface area contributed by atoms with Crippen LogP contribution in [0.2, 0.25) is 0 Å². The normalized spacial score (nSPS) is 43.7. The van der Waals surface area contributed by atoms with Gasteiger partial charge in [-0.05, 0) is 12.8 Å². The van der Waals surface area contributed by atoms with Crippen molar-refractivity contribution in [2.45, 2.75) is 38.3 Å². The van der Waals surface area contributed by atoms with Crippen molar-refractivity contribution in [3.05, 3.63) is 10.7 Å². The molecule has 3 rings (SSSR count). The third kappa shape index (κ3) is 1.05. The summed E-state index contributed by atoms with van der Waals surface area (Å²) in [5.74, 6) is -0.154. The molecule has 3 atom stereocenters. The molecular weight excluding hydrogens is 264 g/mol. The highest BCUT2D eigenvalue weighted by Crippen LogP contribution is 2.66. The second kappa shape index (κ2) is 3.43. The van der Waals surface area contributed by atoms with Gasteiger partial charge in [-0.25, -0.2) is 0 Å². The lowest BCUT2D eigenvalue weighted by Gasteiger charge is -2.51. The van der Waals surface area contributed by atoms with E-state index in [0.717, 1.165) is 19.3 Å². The second-order valence-electron chi connectivity index (χ2n) is 5.59. The van der Waals surface area contributed by atoms with Crippen LogP contribution in [0.5, 0.6) is 0 Å². The molecule has 0 spiro atoms. The number of nitriles is 2. The first-order valence-electron chi connectivity index (χ1n) is 6.25. The maximum Gasteiger partial charge on any atom is 0.210 e. The molecule has 2 N–H and O–H groups in total. The monoisotopic (exact) mass is 276 g/mol. The highest BCUT2D eigenvalue weighted by molar-refractivity contribution is 6.30. The van der Waals surface area contributed by atoms with Crippen molar-refractivity contribution < 1.29 is 4.74 Å². The second-order valence-corrected chi connectivity index (χ2v) is 5.96. The fourth-order valence-corrected chi connectivity index (χ4v) is 4.21. The molecule has 0 amide bonds. The number of halogens is 1.